The van der Waals surface area contributed by atoms with Crippen LogP contribution in [0.15, 0.2) is 60.7 Å². The minimum Gasteiger partial charge on any atom is -0.481 e. The van der Waals surface area contributed by atoms with Gasteiger partial charge in [0.1, 0.15) is 6.04 Å². The van der Waals surface area contributed by atoms with Gasteiger partial charge in [-0.2, -0.15) is 0 Å². The van der Waals surface area contributed by atoms with Crippen LogP contribution in [0.25, 0.3) is 0 Å². The second kappa shape index (κ2) is 13.9. The average molecular weight is 512 g/mol. The van der Waals surface area contributed by atoms with Gasteiger partial charge in [-0.15, -0.1) is 0 Å². The first-order chi connectivity index (χ1) is 17.8. The molecule has 6 atom stereocenters. The Labute approximate surface area is 217 Å². The van der Waals surface area contributed by atoms with Crippen molar-refractivity contribution in [2.75, 3.05) is 6.54 Å². The number of hydrogen-bond acceptors (Lipinski definition) is 6. The van der Waals surface area contributed by atoms with Crippen molar-refractivity contribution >= 4 is 11.9 Å². The van der Waals surface area contributed by atoms with Crippen LogP contribution in [0.1, 0.15) is 56.7 Å². The molecule has 200 valence electrons. The predicted octanol–water partition coefficient (Wildman–Crippen LogP) is 3.96. The third-order valence-corrected chi connectivity index (χ3v) is 7.15. The molecular weight excluding hydrogens is 474 g/mol. The lowest BCUT2D eigenvalue weighted by Crippen LogP contribution is -2.51. The Morgan fingerprint density at radius 1 is 1.11 bits per heavy atom. The van der Waals surface area contributed by atoms with E-state index in [4.69, 9.17) is 9.84 Å². The molecule has 0 radical (unpaired) electrons. The summed E-state index contributed by atoms with van der Waals surface area (Å²) in [6.07, 6.45) is 1.18. The van der Waals surface area contributed by atoms with Crippen molar-refractivity contribution in [3.63, 3.8) is 0 Å². The topological polar surface area (TPSA) is 131 Å². The Kier molecular flexibility index (Phi) is 10.6. The molecule has 1 saturated heterocycles. The van der Waals surface area contributed by atoms with Gasteiger partial charge in [-0.25, -0.2) is 0 Å². The van der Waals surface area contributed by atoms with E-state index in [9.17, 15) is 19.7 Å². The fourth-order valence-electron chi connectivity index (χ4n) is 5.05. The quantitative estimate of drug-likeness (QED) is 0.199. The molecule has 1 aliphatic heterocycles. The van der Waals surface area contributed by atoms with Crippen molar-refractivity contribution in [3.8, 4) is 0 Å². The van der Waals surface area contributed by atoms with Crippen molar-refractivity contribution in [3.05, 3.63) is 81.9 Å². The van der Waals surface area contributed by atoms with E-state index in [1.165, 1.54) is 0 Å². The highest BCUT2D eigenvalue weighted by molar-refractivity contribution is 5.83. The number of carbonyl (C=O) groups excluding carboxylic acids is 1. The number of hydrogen-bond donors (Lipinski definition) is 3. The molecule has 3 rings (SSSR count). The molecular formula is C28H37N3O6. The van der Waals surface area contributed by atoms with Crippen LogP contribution in [0.4, 0.5) is 0 Å². The number of nitro groups is 1. The summed E-state index contributed by atoms with van der Waals surface area (Å²) < 4.78 is 6.39. The number of aliphatic carboxylic acids is 1. The van der Waals surface area contributed by atoms with E-state index in [1.54, 1.807) is 0 Å². The minimum absolute atomic E-state index is 0.0293. The Morgan fingerprint density at radius 2 is 1.76 bits per heavy atom. The molecule has 1 fully saturated rings. The standard InChI is InChI=1S/C28H37N3O6/c1-3-19(2)27(37-18-20-12-6-4-7-13-20)23-25(28(34)29-17-11-10-16-22(32)33)30-24(26(23)31(35)36)21-14-8-5-9-15-21/h4-9,12-15,19,23-27,30H,3,10-11,16-18H2,1-2H3,(H,29,34)(H,32,33)/t19-,23+,24-,25-,26-,27-/m0/s1. The fraction of sp³-hybridized carbons (Fsp3) is 0.500. The third kappa shape index (κ3) is 7.60. The van der Waals surface area contributed by atoms with Gasteiger partial charge in [0.2, 0.25) is 11.9 Å². The zero-order valence-electron chi connectivity index (χ0n) is 21.4. The summed E-state index contributed by atoms with van der Waals surface area (Å²) in [5, 5.41) is 27.5. The molecule has 2 aromatic carbocycles. The van der Waals surface area contributed by atoms with Crippen molar-refractivity contribution in [2.24, 2.45) is 11.8 Å². The molecule has 3 N–H and O–H groups in total. The van der Waals surface area contributed by atoms with Gasteiger partial charge in [0.25, 0.3) is 0 Å². The number of unbranched alkanes of at least 4 members (excludes halogenated alkanes) is 1. The van der Waals surface area contributed by atoms with Gasteiger partial charge < -0.3 is 15.2 Å². The summed E-state index contributed by atoms with van der Waals surface area (Å²) in [5.41, 5.74) is 1.70. The number of carbonyl (C=O) groups is 2. The number of nitrogens with zero attached hydrogens (tertiary/aromatic N) is 1. The highest BCUT2D eigenvalue weighted by Gasteiger charge is 2.57. The van der Waals surface area contributed by atoms with Crippen molar-refractivity contribution in [1.29, 1.82) is 0 Å². The van der Waals surface area contributed by atoms with E-state index in [2.05, 4.69) is 10.6 Å². The lowest BCUT2D eigenvalue weighted by molar-refractivity contribution is -0.535. The van der Waals surface area contributed by atoms with Crippen molar-refractivity contribution in [2.45, 2.75) is 70.4 Å². The molecule has 9 nitrogen and oxygen atoms in total. The molecule has 0 aromatic heterocycles. The summed E-state index contributed by atoms with van der Waals surface area (Å²) in [6, 6.07) is 16.3. The number of carboxylic acid groups (broad SMARTS) is 1. The van der Waals surface area contributed by atoms with Crippen LogP contribution >= 0.6 is 0 Å². The Bertz CT molecular complexity index is 1020. The van der Waals surface area contributed by atoms with Gasteiger partial charge in [-0.3, -0.25) is 25.0 Å². The fourth-order valence-corrected chi connectivity index (χ4v) is 5.05. The van der Waals surface area contributed by atoms with Crippen LogP contribution in [0.3, 0.4) is 0 Å². The summed E-state index contributed by atoms with van der Waals surface area (Å²) in [5.74, 6) is -1.95. The molecule has 2 aromatic rings. The van der Waals surface area contributed by atoms with Gasteiger partial charge in [-0.05, 0) is 29.9 Å². The average Bonchev–Trinajstić information content (AvgIpc) is 3.30. The van der Waals surface area contributed by atoms with E-state index in [-0.39, 0.29) is 29.8 Å². The normalized spacial score (nSPS) is 22.8. The van der Waals surface area contributed by atoms with E-state index >= 15 is 0 Å². The molecule has 1 amide bonds. The van der Waals surface area contributed by atoms with Gasteiger partial charge >= 0.3 is 5.97 Å². The highest BCUT2D eigenvalue weighted by Crippen LogP contribution is 2.39. The second-order valence-electron chi connectivity index (χ2n) is 9.67. The monoisotopic (exact) mass is 511 g/mol. The lowest BCUT2D eigenvalue weighted by atomic mass is 9.80. The SMILES string of the molecule is CC[C@H](C)[C@H](OCc1ccccc1)[C@H]1[C@H]([N+](=O)[O-])[C@H](c2ccccc2)N[C@@H]1C(=O)NCCCCC(=O)O. The van der Waals surface area contributed by atoms with E-state index in [1.807, 2.05) is 74.5 Å². The number of rotatable bonds is 14. The maximum Gasteiger partial charge on any atom is 0.303 e. The number of nitrogens with one attached hydrogen (secondary N) is 2. The van der Waals surface area contributed by atoms with E-state index in [0.717, 1.165) is 17.5 Å². The third-order valence-electron chi connectivity index (χ3n) is 7.15. The van der Waals surface area contributed by atoms with Gasteiger partial charge in [0.15, 0.2) is 0 Å². The van der Waals surface area contributed by atoms with Gasteiger partial charge in [-0.1, -0.05) is 80.9 Å². The predicted molar refractivity (Wildman–Crippen MR) is 139 cm³/mol. The van der Waals surface area contributed by atoms with Crippen LogP contribution in [0.2, 0.25) is 0 Å². The number of ether oxygens (including phenoxy) is 1. The van der Waals surface area contributed by atoms with Gasteiger partial charge in [0.05, 0.1) is 24.7 Å². The lowest BCUT2D eigenvalue weighted by Gasteiger charge is -2.32. The van der Waals surface area contributed by atoms with Crippen LogP contribution < -0.4 is 10.6 Å². The van der Waals surface area contributed by atoms with Crippen molar-refractivity contribution in [1.82, 2.24) is 10.6 Å². The van der Waals surface area contributed by atoms with Crippen LogP contribution in [-0.2, 0) is 20.9 Å². The second-order valence-corrected chi connectivity index (χ2v) is 9.67. The van der Waals surface area contributed by atoms with Crippen LogP contribution in [0.5, 0.6) is 0 Å². The first kappa shape index (κ1) is 28.3. The molecule has 0 saturated carbocycles. The van der Waals surface area contributed by atoms with E-state index in [0.29, 0.717) is 19.4 Å². The number of benzene rings is 2. The molecule has 1 heterocycles. The summed E-state index contributed by atoms with van der Waals surface area (Å²) in [4.78, 5) is 36.5. The van der Waals surface area contributed by atoms with Crippen molar-refractivity contribution < 1.29 is 24.4 Å². The number of amides is 1. The number of carboxylic acids is 1. The summed E-state index contributed by atoms with van der Waals surface area (Å²) >= 11 is 0. The molecule has 0 bridgehead atoms. The summed E-state index contributed by atoms with van der Waals surface area (Å²) in [6.45, 7) is 4.61. The Hall–Kier alpha value is -3.30. The zero-order chi connectivity index (χ0) is 26.8. The maximum atomic E-state index is 13.4. The highest BCUT2D eigenvalue weighted by atomic mass is 16.6. The zero-order valence-corrected chi connectivity index (χ0v) is 21.4. The molecule has 37 heavy (non-hydrogen) atoms. The molecule has 1 aliphatic rings. The Balaban J connectivity index is 1.89. The van der Waals surface area contributed by atoms with Crippen LogP contribution in [-0.4, -0.2) is 46.6 Å². The first-order valence-electron chi connectivity index (χ1n) is 12.9. The van der Waals surface area contributed by atoms with Crippen LogP contribution in [0, 0.1) is 22.0 Å². The molecule has 9 heteroatoms. The largest absolute Gasteiger partial charge is 0.481 e. The molecule has 0 unspecified atom stereocenters. The maximum absolute atomic E-state index is 13.4. The molecule has 0 spiro atoms. The van der Waals surface area contributed by atoms with E-state index < -0.39 is 36.1 Å². The first-order valence-corrected chi connectivity index (χ1v) is 12.9. The minimum atomic E-state index is -1.07. The smallest absolute Gasteiger partial charge is 0.303 e. The van der Waals surface area contributed by atoms with Gasteiger partial charge in [0, 0.05) is 17.9 Å². The molecule has 0 aliphatic carbocycles. The Morgan fingerprint density at radius 3 is 2.35 bits per heavy atom. The summed E-state index contributed by atoms with van der Waals surface area (Å²) in [7, 11) is 0.